The molecule has 1 aromatic rings. The van der Waals surface area contributed by atoms with Gasteiger partial charge in [-0.15, -0.1) is 0 Å². The van der Waals surface area contributed by atoms with Crippen LogP contribution < -0.4 is 15.5 Å². The maximum atomic E-state index is 14.2. The van der Waals surface area contributed by atoms with Gasteiger partial charge in [0.05, 0.1) is 30.6 Å². The lowest BCUT2D eigenvalue weighted by molar-refractivity contribution is -0.144. The lowest BCUT2D eigenvalue weighted by Gasteiger charge is -2.37. The Labute approximate surface area is 240 Å². The van der Waals surface area contributed by atoms with Crippen LogP contribution in [0.3, 0.4) is 0 Å². The Balaban J connectivity index is 1.70. The highest BCUT2D eigenvalue weighted by molar-refractivity contribution is 9.09. The van der Waals surface area contributed by atoms with Gasteiger partial charge in [-0.2, -0.15) is 0 Å². The fraction of sp³-hybridized carbons (Fsp3) is 0.690. The Morgan fingerprint density at radius 1 is 1.18 bits per heavy atom. The zero-order valence-corrected chi connectivity index (χ0v) is 25.2. The van der Waals surface area contributed by atoms with Gasteiger partial charge in [0.1, 0.15) is 11.6 Å². The second-order valence-electron chi connectivity index (χ2n) is 11.4. The maximum Gasteiger partial charge on any atom is 0.250 e. The number of anilines is 2. The number of rotatable bonds is 12. The van der Waals surface area contributed by atoms with Gasteiger partial charge in [0.15, 0.2) is 0 Å². The predicted molar refractivity (Wildman–Crippen MR) is 155 cm³/mol. The minimum atomic E-state index is -1.15. The average molecular weight is 608 g/mol. The molecule has 3 unspecified atom stereocenters. The quantitative estimate of drug-likeness (QED) is 0.315. The van der Waals surface area contributed by atoms with Crippen LogP contribution in [-0.4, -0.2) is 82.6 Å². The van der Waals surface area contributed by atoms with Crippen LogP contribution in [0.5, 0.6) is 0 Å². The summed E-state index contributed by atoms with van der Waals surface area (Å²) in [7, 11) is 0. The molecule has 1 spiro atoms. The Bertz CT molecular complexity index is 1050. The topological polar surface area (TPSA) is 111 Å². The molecule has 1 aromatic carbocycles. The van der Waals surface area contributed by atoms with Crippen LogP contribution in [0, 0.1) is 17.8 Å². The molecular weight excluding hydrogens is 564 g/mol. The number of alkyl halides is 1. The highest BCUT2D eigenvalue weighted by Crippen LogP contribution is 2.60. The first-order valence-corrected chi connectivity index (χ1v) is 15.2. The number of carbonyl (C=O) groups excluding carboxylic acids is 3. The van der Waals surface area contributed by atoms with E-state index in [1.54, 1.807) is 0 Å². The molecule has 0 aliphatic carbocycles. The largest absolute Gasteiger partial charge is 0.394 e. The number of hydrogen-bond donors (Lipinski definition) is 3. The highest BCUT2D eigenvalue weighted by Gasteiger charge is 2.77. The number of carbonyl (C=O) groups is 3. The van der Waals surface area contributed by atoms with Gasteiger partial charge in [-0.05, 0) is 63.3 Å². The molecule has 3 N–H and O–H groups in total. The van der Waals surface area contributed by atoms with E-state index in [-0.39, 0.29) is 35.1 Å². The number of amides is 3. The minimum absolute atomic E-state index is 0.166. The van der Waals surface area contributed by atoms with Gasteiger partial charge < -0.3 is 30.3 Å². The molecule has 3 saturated heterocycles. The van der Waals surface area contributed by atoms with Crippen LogP contribution in [0.25, 0.3) is 0 Å². The van der Waals surface area contributed by atoms with Crippen molar-refractivity contribution in [3.63, 3.8) is 0 Å². The molecule has 0 saturated carbocycles. The summed E-state index contributed by atoms with van der Waals surface area (Å²) in [6, 6.07) is 6.13. The van der Waals surface area contributed by atoms with Crippen molar-refractivity contribution < 1.29 is 24.2 Å². The lowest BCUT2D eigenvalue weighted by Crippen LogP contribution is -2.57. The fourth-order valence-corrected chi connectivity index (χ4v) is 7.74. The first-order chi connectivity index (χ1) is 18.6. The summed E-state index contributed by atoms with van der Waals surface area (Å²) in [5.41, 5.74) is 0.528. The summed E-state index contributed by atoms with van der Waals surface area (Å²) >= 11 is 3.70. The molecule has 3 fully saturated rings. The van der Waals surface area contributed by atoms with Crippen LogP contribution in [-0.2, 0) is 19.1 Å². The number of benzene rings is 1. The van der Waals surface area contributed by atoms with Gasteiger partial charge in [0.25, 0.3) is 0 Å². The molecule has 216 valence electrons. The van der Waals surface area contributed by atoms with Crippen molar-refractivity contribution in [3.8, 4) is 0 Å². The zero-order valence-electron chi connectivity index (χ0n) is 23.7. The molecule has 2 bridgehead atoms. The number of nitrogens with one attached hydrogen (secondary N) is 2. The van der Waals surface area contributed by atoms with Gasteiger partial charge in [0, 0.05) is 35.8 Å². The van der Waals surface area contributed by atoms with Gasteiger partial charge >= 0.3 is 0 Å². The fourth-order valence-electron chi connectivity index (χ4n) is 6.80. The van der Waals surface area contributed by atoms with E-state index in [0.29, 0.717) is 25.1 Å². The number of fused-ring (bicyclic) bond motifs is 1. The van der Waals surface area contributed by atoms with E-state index in [1.165, 1.54) is 4.90 Å². The number of ether oxygens (including phenoxy) is 1. The number of aliphatic hydroxyl groups is 1. The van der Waals surface area contributed by atoms with E-state index in [0.717, 1.165) is 25.2 Å². The molecular formula is C29H43BrN4O5. The third-order valence-electron chi connectivity index (χ3n) is 8.44. The van der Waals surface area contributed by atoms with Gasteiger partial charge in [-0.25, -0.2) is 0 Å². The van der Waals surface area contributed by atoms with Crippen molar-refractivity contribution >= 4 is 45.0 Å². The highest BCUT2D eigenvalue weighted by atomic mass is 79.9. The number of nitrogens with zero attached hydrogens (tertiary/aromatic N) is 2. The summed E-state index contributed by atoms with van der Waals surface area (Å²) in [5, 5.41) is 16.4. The summed E-state index contributed by atoms with van der Waals surface area (Å²) in [4.78, 5) is 45.2. The lowest BCUT2D eigenvalue weighted by atomic mass is 9.70. The third-order valence-corrected chi connectivity index (χ3v) is 9.28. The second kappa shape index (κ2) is 12.1. The standard InChI is InChI=1S/C29H43BrN4O5/c1-6-13-31-26(36)22-23-28(38)34(20(16-35)14-17(4)5)25(29(23)15-21(30)24(22)39-29)27(37)32-18-9-11-19(12-10-18)33(7-2)8-3/h9-12,17,20-25,35H,6-8,13-16H2,1-5H3,(H,31,36)(H,32,37)/t20-,21?,22-,23+,24-,25?,29?/m1/s1. The molecule has 3 heterocycles. The molecule has 10 heteroatoms. The molecule has 4 rings (SSSR count). The normalized spacial score (nSPS) is 30.0. The van der Waals surface area contributed by atoms with Crippen LogP contribution in [0.1, 0.15) is 53.9 Å². The maximum absolute atomic E-state index is 14.2. The smallest absolute Gasteiger partial charge is 0.250 e. The summed E-state index contributed by atoms with van der Waals surface area (Å²) < 4.78 is 6.54. The third kappa shape index (κ3) is 5.32. The minimum Gasteiger partial charge on any atom is -0.394 e. The van der Waals surface area contributed by atoms with Crippen molar-refractivity contribution in [1.29, 1.82) is 0 Å². The summed E-state index contributed by atoms with van der Waals surface area (Å²) in [5.74, 6) is -2.16. The van der Waals surface area contributed by atoms with Crippen LogP contribution in [0.2, 0.25) is 0 Å². The molecule has 39 heavy (non-hydrogen) atoms. The van der Waals surface area contributed by atoms with Crippen molar-refractivity contribution in [2.45, 2.75) is 82.5 Å². The Morgan fingerprint density at radius 2 is 1.85 bits per heavy atom. The SMILES string of the molecule is CCCNC(=O)[C@H]1[C@@H]2OC3(CC2Br)C(C(=O)Nc2ccc(N(CC)CC)cc2)N([C@@H](CO)CC(C)C)C(=O)[C@H]13. The number of likely N-dealkylation sites (tertiary alicyclic amines) is 1. The molecule has 0 aromatic heterocycles. The number of hydrogen-bond acceptors (Lipinski definition) is 6. The van der Waals surface area contributed by atoms with Crippen molar-refractivity contribution in [1.82, 2.24) is 10.2 Å². The van der Waals surface area contributed by atoms with Gasteiger partial charge in [0.2, 0.25) is 17.7 Å². The Kier molecular flexibility index (Phi) is 9.28. The van der Waals surface area contributed by atoms with Crippen molar-refractivity contribution in [3.05, 3.63) is 24.3 Å². The van der Waals surface area contributed by atoms with E-state index in [2.05, 4.69) is 45.3 Å². The van der Waals surface area contributed by atoms with E-state index in [1.807, 2.05) is 45.0 Å². The second-order valence-corrected chi connectivity index (χ2v) is 12.6. The van der Waals surface area contributed by atoms with Crippen LogP contribution in [0.15, 0.2) is 24.3 Å². The average Bonchev–Trinajstić information content (AvgIpc) is 3.50. The summed E-state index contributed by atoms with van der Waals surface area (Å²) in [6.07, 6.45) is 1.23. The van der Waals surface area contributed by atoms with E-state index < -0.39 is 35.6 Å². The molecule has 3 aliphatic rings. The van der Waals surface area contributed by atoms with Crippen molar-refractivity contribution in [2.24, 2.45) is 17.8 Å². The van der Waals surface area contributed by atoms with Gasteiger partial charge in [-0.1, -0.05) is 36.7 Å². The van der Waals surface area contributed by atoms with E-state index in [4.69, 9.17) is 4.74 Å². The number of halogens is 1. The first-order valence-electron chi connectivity index (χ1n) is 14.3. The molecule has 7 atom stereocenters. The molecule has 3 amide bonds. The number of aliphatic hydroxyl groups excluding tert-OH is 1. The predicted octanol–water partition coefficient (Wildman–Crippen LogP) is 3.15. The van der Waals surface area contributed by atoms with E-state index >= 15 is 0 Å². The van der Waals surface area contributed by atoms with Crippen molar-refractivity contribution in [2.75, 3.05) is 36.5 Å². The van der Waals surface area contributed by atoms with Crippen LogP contribution in [0.4, 0.5) is 11.4 Å². The Morgan fingerprint density at radius 3 is 2.41 bits per heavy atom. The summed E-state index contributed by atoms with van der Waals surface area (Å²) in [6.45, 7) is 12.2. The molecule has 3 aliphatic heterocycles. The van der Waals surface area contributed by atoms with Crippen LogP contribution >= 0.6 is 15.9 Å². The molecule has 0 radical (unpaired) electrons. The first kappa shape index (κ1) is 29.8. The Hall–Kier alpha value is -2.17. The van der Waals surface area contributed by atoms with E-state index in [9.17, 15) is 19.5 Å². The van der Waals surface area contributed by atoms with Gasteiger partial charge in [-0.3, -0.25) is 14.4 Å². The molecule has 9 nitrogen and oxygen atoms in total. The monoisotopic (exact) mass is 606 g/mol. The zero-order chi connectivity index (χ0) is 28.5.